The first-order valence-electron chi connectivity index (χ1n) is 8.56. The highest BCUT2D eigenvalue weighted by molar-refractivity contribution is 6.02. The molecule has 1 saturated heterocycles. The number of carbonyl (C=O) groups excluding carboxylic acids is 2. The fourth-order valence-electron chi connectivity index (χ4n) is 3.67. The number of aldehydes is 1. The van der Waals surface area contributed by atoms with E-state index in [4.69, 9.17) is 4.74 Å². The first-order chi connectivity index (χ1) is 12.6. The number of aromatic nitrogens is 2. The summed E-state index contributed by atoms with van der Waals surface area (Å²) in [4.78, 5) is 22.9. The molecule has 26 heavy (non-hydrogen) atoms. The summed E-state index contributed by atoms with van der Waals surface area (Å²) in [5.41, 5.74) is 1.20. The maximum Gasteiger partial charge on any atom is 0.255 e. The molecule has 1 N–H and O–H groups in total. The lowest BCUT2D eigenvalue weighted by Crippen LogP contribution is -2.34. The van der Waals surface area contributed by atoms with Gasteiger partial charge in [0.25, 0.3) is 5.91 Å². The normalized spacial score (nSPS) is 22.7. The Hall–Kier alpha value is -2.96. The fraction of sp³-hybridized carbons (Fsp3) is 0.316. The van der Waals surface area contributed by atoms with Gasteiger partial charge in [-0.05, 0) is 30.0 Å². The van der Waals surface area contributed by atoms with E-state index in [1.54, 1.807) is 16.8 Å². The highest BCUT2D eigenvalue weighted by atomic mass is 19.1. The summed E-state index contributed by atoms with van der Waals surface area (Å²) in [5, 5.41) is 8.53. The summed E-state index contributed by atoms with van der Waals surface area (Å²) in [5.74, 6) is -0.358. The number of nitrogens with zero attached hydrogens (tertiary/aromatic N) is 2. The molecule has 1 aromatic carbocycles. The van der Waals surface area contributed by atoms with Crippen LogP contribution in [0.4, 0.5) is 4.39 Å². The van der Waals surface area contributed by atoms with Crippen LogP contribution in [0.2, 0.25) is 0 Å². The lowest BCUT2D eigenvalue weighted by Gasteiger charge is -2.19. The van der Waals surface area contributed by atoms with Gasteiger partial charge in [-0.2, -0.15) is 5.10 Å². The highest BCUT2D eigenvalue weighted by Gasteiger charge is 2.41. The van der Waals surface area contributed by atoms with E-state index < -0.39 is 18.0 Å². The number of carbonyl (C=O) groups is 2. The second-order valence-corrected chi connectivity index (χ2v) is 6.44. The average Bonchev–Trinajstić information content (AvgIpc) is 3.24. The van der Waals surface area contributed by atoms with E-state index in [-0.39, 0.29) is 12.6 Å². The molecule has 3 heterocycles. The Balaban J connectivity index is 1.70. The molecule has 6 nitrogen and oxygen atoms in total. The summed E-state index contributed by atoms with van der Waals surface area (Å²) in [7, 11) is 0. The number of alkyl halides is 1. The van der Waals surface area contributed by atoms with E-state index in [9.17, 15) is 14.0 Å². The van der Waals surface area contributed by atoms with E-state index >= 15 is 0 Å². The van der Waals surface area contributed by atoms with Crippen LogP contribution in [0, 0.1) is 5.92 Å². The number of hydrogen-bond acceptors (Lipinski definition) is 4. The Morgan fingerprint density at radius 1 is 1.38 bits per heavy atom. The van der Waals surface area contributed by atoms with E-state index in [0.29, 0.717) is 17.9 Å². The van der Waals surface area contributed by atoms with Crippen molar-refractivity contribution in [3.05, 3.63) is 42.2 Å². The maximum atomic E-state index is 13.9. The van der Waals surface area contributed by atoms with Crippen molar-refractivity contribution in [3.63, 3.8) is 0 Å². The Morgan fingerprint density at radius 2 is 2.23 bits per heavy atom. The van der Waals surface area contributed by atoms with Crippen LogP contribution in [-0.2, 0) is 4.79 Å². The Morgan fingerprint density at radius 3 is 3.00 bits per heavy atom. The molecule has 134 valence electrons. The van der Waals surface area contributed by atoms with Crippen LogP contribution in [0.1, 0.15) is 23.8 Å². The number of hydrogen-bond donors (Lipinski definition) is 1. The van der Waals surface area contributed by atoms with Gasteiger partial charge in [-0.25, -0.2) is 8.91 Å². The minimum atomic E-state index is -1.49. The monoisotopic (exact) mass is 355 g/mol. The van der Waals surface area contributed by atoms with Crippen molar-refractivity contribution in [2.24, 2.45) is 5.92 Å². The molecule has 3 unspecified atom stereocenters. The molecular formula is C19H18FN3O3. The first kappa shape index (κ1) is 16.5. The molecule has 0 spiro atoms. The number of amides is 1. The zero-order valence-electron chi connectivity index (χ0n) is 14.2. The van der Waals surface area contributed by atoms with Gasteiger partial charge < -0.3 is 10.1 Å². The molecule has 0 bridgehead atoms. The minimum Gasteiger partial charge on any atom is -0.491 e. The summed E-state index contributed by atoms with van der Waals surface area (Å²) < 4.78 is 21.5. The van der Waals surface area contributed by atoms with Gasteiger partial charge in [-0.3, -0.25) is 9.59 Å². The SMILES string of the molecule is CCC1C(COc2cccc3cc(C=O)n4nccc4c23)NC(=O)C1F. The summed E-state index contributed by atoms with van der Waals surface area (Å²) in [6.45, 7) is 2.04. The number of pyridine rings is 1. The van der Waals surface area contributed by atoms with Crippen molar-refractivity contribution in [2.45, 2.75) is 25.6 Å². The van der Waals surface area contributed by atoms with Crippen LogP contribution >= 0.6 is 0 Å². The third-order valence-corrected chi connectivity index (χ3v) is 4.99. The number of halogens is 1. The molecule has 1 aliphatic rings. The van der Waals surface area contributed by atoms with E-state index in [2.05, 4.69) is 10.4 Å². The number of fused-ring (bicyclic) bond motifs is 3. The molecule has 1 fully saturated rings. The molecule has 1 amide bonds. The average molecular weight is 355 g/mol. The molecule has 7 heteroatoms. The third-order valence-electron chi connectivity index (χ3n) is 4.99. The van der Waals surface area contributed by atoms with E-state index in [1.165, 1.54) is 0 Å². The number of ether oxygens (including phenoxy) is 1. The van der Waals surface area contributed by atoms with Crippen molar-refractivity contribution < 1.29 is 18.7 Å². The highest BCUT2D eigenvalue weighted by Crippen LogP contribution is 2.32. The fourth-order valence-corrected chi connectivity index (χ4v) is 3.67. The predicted molar refractivity (Wildman–Crippen MR) is 94.2 cm³/mol. The standard InChI is InChI=1S/C19H18FN3O3/c1-2-13-14(22-19(25)18(13)20)10-26-16-5-3-4-11-8-12(9-24)23-15(17(11)16)6-7-21-23/h3-9,13-14,18H,2,10H2,1H3,(H,22,25). The van der Waals surface area contributed by atoms with E-state index in [0.717, 1.165) is 22.6 Å². The molecule has 3 aromatic rings. The second-order valence-electron chi connectivity index (χ2n) is 6.44. The van der Waals surface area contributed by atoms with Gasteiger partial charge in [-0.1, -0.05) is 19.1 Å². The summed E-state index contributed by atoms with van der Waals surface area (Å²) >= 11 is 0. The minimum absolute atomic E-state index is 0.180. The second kappa shape index (κ2) is 6.40. The van der Waals surface area contributed by atoms with Crippen LogP contribution in [-0.4, -0.2) is 40.6 Å². The van der Waals surface area contributed by atoms with Crippen LogP contribution in [0.5, 0.6) is 5.75 Å². The van der Waals surface area contributed by atoms with Crippen molar-refractivity contribution >= 4 is 28.5 Å². The smallest absolute Gasteiger partial charge is 0.255 e. The molecule has 0 saturated carbocycles. The van der Waals surface area contributed by atoms with Gasteiger partial charge in [0.1, 0.15) is 18.1 Å². The van der Waals surface area contributed by atoms with Crippen molar-refractivity contribution in [2.75, 3.05) is 6.61 Å². The lowest BCUT2D eigenvalue weighted by atomic mass is 9.97. The van der Waals surface area contributed by atoms with Gasteiger partial charge in [0, 0.05) is 11.3 Å². The summed E-state index contributed by atoms with van der Waals surface area (Å²) in [6.07, 6.45) is 1.45. The molecule has 3 atom stereocenters. The van der Waals surface area contributed by atoms with Crippen molar-refractivity contribution in [1.82, 2.24) is 14.9 Å². The van der Waals surface area contributed by atoms with Gasteiger partial charge in [0.2, 0.25) is 0 Å². The molecular weight excluding hydrogens is 337 g/mol. The topological polar surface area (TPSA) is 72.7 Å². The van der Waals surface area contributed by atoms with Crippen LogP contribution in [0.3, 0.4) is 0 Å². The number of rotatable bonds is 5. The molecule has 4 rings (SSSR count). The van der Waals surface area contributed by atoms with Crippen molar-refractivity contribution in [1.29, 1.82) is 0 Å². The lowest BCUT2D eigenvalue weighted by molar-refractivity contribution is -0.123. The number of nitrogens with one attached hydrogen (secondary N) is 1. The van der Waals surface area contributed by atoms with Gasteiger partial charge in [0.05, 0.1) is 17.8 Å². The largest absolute Gasteiger partial charge is 0.491 e. The van der Waals surface area contributed by atoms with E-state index in [1.807, 2.05) is 31.2 Å². The third kappa shape index (κ3) is 2.51. The molecule has 1 aliphatic heterocycles. The first-order valence-corrected chi connectivity index (χ1v) is 8.56. The van der Waals surface area contributed by atoms with Crippen molar-refractivity contribution in [3.8, 4) is 5.75 Å². The Labute approximate surface area is 148 Å². The Bertz CT molecular complexity index is 1000. The zero-order chi connectivity index (χ0) is 18.3. The van der Waals surface area contributed by atoms with Crippen LogP contribution in [0.25, 0.3) is 16.3 Å². The predicted octanol–water partition coefficient (Wildman–Crippen LogP) is 2.54. The van der Waals surface area contributed by atoms with Gasteiger partial charge in [-0.15, -0.1) is 0 Å². The number of benzene rings is 1. The van der Waals surface area contributed by atoms with Gasteiger partial charge >= 0.3 is 0 Å². The quantitative estimate of drug-likeness (QED) is 0.714. The molecule has 0 aliphatic carbocycles. The maximum absolute atomic E-state index is 13.9. The summed E-state index contributed by atoms with van der Waals surface area (Å²) in [6, 6.07) is 8.74. The van der Waals surface area contributed by atoms with Crippen LogP contribution in [0.15, 0.2) is 36.5 Å². The molecule has 2 aromatic heterocycles. The van der Waals surface area contributed by atoms with Gasteiger partial charge in [0.15, 0.2) is 12.5 Å². The Kier molecular flexibility index (Phi) is 4.06. The van der Waals surface area contributed by atoms with Crippen LogP contribution < -0.4 is 10.1 Å². The zero-order valence-corrected chi connectivity index (χ0v) is 14.2. The molecule has 0 radical (unpaired) electrons.